The molecule has 3 aromatic carbocycles. The van der Waals surface area contributed by atoms with E-state index in [1.807, 2.05) is 38.1 Å². The Morgan fingerprint density at radius 3 is 2.21 bits per heavy atom. The number of hydrogen-bond acceptors (Lipinski definition) is 3. The van der Waals surface area contributed by atoms with Crippen molar-refractivity contribution in [2.24, 2.45) is 0 Å². The molecule has 0 aliphatic rings. The monoisotopic (exact) mass is 408 g/mol. The first-order valence-electron chi connectivity index (χ1n) is 9.33. The number of benzene rings is 3. The summed E-state index contributed by atoms with van der Waals surface area (Å²) in [5.74, 6) is -0.369. The Balaban J connectivity index is 1.82. The molecule has 3 aromatic rings. The lowest BCUT2D eigenvalue weighted by atomic mass is 10.1. The van der Waals surface area contributed by atoms with E-state index >= 15 is 0 Å². The van der Waals surface area contributed by atoms with Crippen molar-refractivity contribution in [3.8, 4) is 0 Å². The summed E-state index contributed by atoms with van der Waals surface area (Å²) in [6.07, 6.45) is 0. The molecule has 1 amide bonds. The number of amides is 1. The highest BCUT2D eigenvalue weighted by atomic mass is 32.2. The van der Waals surface area contributed by atoms with Gasteiger partial charge in [-0.15, -0.1) is 0 Å². The van der Waals surface area contributed by atoms with Gasteiger partial charge in [0.15, 0.2) is 0 Å². The number of para-hydroxylation sites is 1. The van der Waals surface area contributed by atoms with Gasteiger partial charge in [0, 0.05) is 6.54 Å². The van der Waals surface area contributed by atoms with E-state index in [1.54, 1.807) is 54.6 Å². The molecule has 0 radical (unpaired) electrons. The number of carbonyl (C=O) groups is 1. The summed E-state index contributed by atoms with van der Waals surface area (Å²) in [4.78, 5) is 12.8. The quantitative estimate of drug-likeness (QED) is 0.646. The van der Waals surface area contributed by atoms with E-state index in [9.17, 15) is 13.2 Å². The molecule has 0 aliphatic heterocycles. The molecule has 5 nitrogen and oxygen atoms in total. The second kappa shape index (κ2) is 8.92. The third-order valence-electron chi connectivity index (χ3n) is 4.51. The minimum Gasteiger partial charge on any atom is -0.350 e. The minimum atomic E-state index is -3.88. The maximum atomic E-state index is 13.2. The summed E-state index contributed by atoms with van der Waals surface area (Å²) in [6, 6.07) is 23.1. The smallest absolute Gasteiger partial charge is 0.264 e. The van der Waals surface area contributed by atoms with Crippen LogP contribution < -0.4 is 9.62 Å². The van der Waals surface area contributed by atoms with Crippen LogP contribution in [0.2, 0.25) is 0 Å². The molecule has 29 heavy (non-hydrogen) atoms. The van der Waals surface area contributed by atoms with Gasteiger partial charge in [0.25, 0.3) is 10.0 Å². The van der Waals surface area contributed by atoms with Crippen LogP contribution in [0.3, 0.4) is 0 Å². The number of nitrogens with one attached hydrogen (secondary N) is 1. The zero-order valence-corrected chi connectivity index (χ0v) is 17.3. The molecule has 0 bridgehead atoms. The van der Waals surface area contributed by atoms with Crippen LogP contribution in [0.5, 0.6) is 0 Å². The van der Waals surface area contributed by atoms with Gasteiger partial charge in [-0.3, -0.25) is 9.10 Å². The predicted molar refractivity (Wildman–Crippen MR) is 115 cm³/mol. The second-order valence-electron chi connectivity index (χ2n) is 6.93. The SMILES string of the molecule is Cc1ccc(S(=O)(=O)N(CC(=O)NCc2cccc(C)c2)c2ccccc2)cc1. The van der Waals surface area contributed by atoms with Gasteiger partial charge in [0.2, 0.25) is 5.91 Å². The maximum Gasteiger partial charge on any atom is 0.264 e. The third kappa shape index (κ3) is 5.23. The maximum absolute atomic E-state index is 13.2. The van der Waals surface area contributed by atoms with Gasteiger partial charge in [-0.25, -0.2) is 8.42 Å². The van der Waals surface area contributed by atoms with Crippen LogP contribution in [0, 0.1) is 13.8 Å². The molecule has 0 unspecified atom stereocenters. The summed E-state index contributed by atoms with van der Waals surface area (Å²) in [5.41, 5.74) is 3.47. The first-order chi connectivity index (χ1) is 13.9. The Labute approximate surface area is 172 Å². The van der Waals surface area contributed by atoms with Crippen molar-refractivity contribution in [1.82, 2.24) is 5.32 Å². The van der Waals surface area contributed by atoms with Gasteiger partial charge in [-0.1, -0.05) is 65.7 Å². The van der Waals surface area contributed by atoms with E-state index in [2.05, 4.69) is 5.32 Å². The van der Waals surface area contributed by atoms with Crippen LogP contribution in [0.1, 0.15) is 16.7 Å². The van der Waals surface area contributed by atoms with Crippen molar-refractivity contribution >= 4 is 21.6 Å². The molecule has 0 saturated carbocycles. The molecule has 1 N–H and O–H groups in total. The lowest BCUT2D eigenvalue weighted by Crippen LogP contribution is -2.40. The largest absolute Gasteiger partial charge is 0.350 e. The van der Waals surface area contributed by atoms with Crippen molar-refractivity contribution in [2.75, 3.05) is 10.8 Å². The molecule has 0 aromatic heterocycles. The molecule has 6 heteroatoms. The number of hydrogen-bond donors (Lipinski definition) is 1. The molecule has 0 spiro atoms. The molecule has 3 rings (SSSR count). The molecular formula is C23H24N2O3S. The van der Waals surface area contributed by atoms with Crippen molar-refractivity contribution in [3.63, 3.8) is 0 Å². The van der Waals surface area contributed by atoms with Gasteiger partial charge < -0.3 is 5.32 Å². The van der Waals surface area contributed by atoms with Crippen LogP contribution in [-0.2, 0) is 21.4 Å². The van der Waals surface area contributed by atoms with Crippen LogP contribution in [0.4, 0.5) is 5.69 Å². The summed E-state index contributed by atoms with van der Waals surface area (Å²) in [5, 5.41) is 2.81. The number of nitrogens with zero attached hydrogens (tertiary/aromatic N) is 1. The number of carbonyl (C=O) groups excluding carboxylic acids is 1. The third-order valence-corrected chi connectivity index (χ3v) is 6.30. The van der Waals surface area contributed by atoms with Crippen molar-refractivity contribution in [2.45, 2.75) is 25.3 Å². The normalized spacial score (nSPS) is 11.1. The topological polar surface area (TPSA) is 66.5 Å². The van der Waals surface area contributed by atoms with E-state index in [0.29, 0.717) is 12.2 Å². The molecular weight excluding hydrogens is 384 g/mol. The van der Waals surface area contributed by atoms with Gasteiger partial charge in [0.1, 0.15) is 6.54 Å². The zero-order valence-electron chi connectivity index (χ0n) is 16.5. The Morgan fingerprint density at radius 1 is 0.862 bits per heavy atom. The van der Waals surface area contributed by atoms with Crippen molar-refractivity contribution in [3.05, 3.63) is 95.6 Å². The predicted octanol–water partition coefficient (Wildman–Crippen LogP) is 3.82. The van der Waals surface area contributed by atoms with Gasteiger partial charge in [-0.2, -0.15) is 0 Å². The van der Waals surface area contributed by atoms with E-state index in [0.717, 1.165) is 21.0 Å². The lowest BCUT2D eigenvalue weighted by Gasteiger charge is -2.24. The summed E-state index contributed by atoms with van der Waals surface area (Å²) in [7, 11) is -3.88. The van der Waals surface area contributed by atoms with E-state index < -0.39 is 10.0 Å². The Morgan fingerprint density at radius 2 is 1.55 bits per heavy atom. The average molecular weight is 409 g/mol. The van der Waals surface area contributed by atoms with Crippen LogP contribution in [0.25, 0.3) is 0 Å². The number of anilines is 1. The molecule has 0 fully saturated rings. The van der Waals surface area contributed by atoms with Gasteiger partial charge in [-0.05, 0) is 43.7 Å². The average Bonchev–Trinajstić information content (AvgIpc) is 2.71. The molecule has 0 atom stereocenters. The second-order valence-corrected chi connectivity index (χ2v) is 8.79. The highest BCUT2D eigenvalue weighted by Gasteiger charge is 2.27. The van der Waals surface area contributed by atoms with Crippen LogP contribution in [-0.4, -0.2) is 20.9 Å². The lowest BCUT2D eigenvalue weighted by molar-refractivity contribution is -0.119. The van der Waals surface area contributed by atoms with E-state index in [4.69, 9.17) is 0 Å². The summed E-state index contributed by atoms with van der Waals surface area (Å²) >= 11 is 0. The van der Waals surface area contributed by atoms with Gasteiger partial charge >= 0.3 is 0 Å². The van der Waals surface area contributed by atoms with Gasteiger partial charge in [0.05, 0.1) is 10.6 Å². The van der Waals surface area contributed by atoms with E-state index in [-0.39, 0.29) is 17.3 Å². The zero-order chi connectivity index (χ0) is 20.9. The van der Waals surface area contributed by atoms with Crippen molar-refractivity contribution < 1.29 is 13.2 Å². The number of rotatable bonds is 7. The van der Waals surface area contributed by atoms with E-state index in [1.165, 1.54) is 0 Å². The Bertz CT molecular complexity index is 1080. The highest BCUT2D eigenvalue weighted by Crippen LogP contribution is 2.23. The number of sulfonamides is 1. The first-order valence-corrected chi connectivity index (χ1v) is 10.8. The summed E-state index contributed by atoms with van der Waals surface area (Å²) < 4.78 is 27.6. The highest BCUT2D eigenvalue weighted by molar-refractivity contribution is 7.92. The molecule has 150 valence electrons. The minimum absolute atomic E-state index is 0.151. The van der Waals surface area contributed by atoms with Crippen LogP contribution >= 0.6 is 0 Å². The standard InChI is InChI=1S/C23H24N2O3S/c1-18-11-13-22(14-12-18)29(27,28)25(21-9-4-3-5-10-21)17-23(26)24-16-20-8-6-7-19(2)15-20/h3-15H,16-17H2,1-2H3,(H,24,26). The molecule has 0 aliphatic carbocycles. The Hall–Kier alpha value is -3.12. The fraction of sp³-hybridized carbons (Fsp3) is 0.174. The first kappa shape index (κ1) is 20.6. The van der Waals surface area contributed by atoms with Crippen LogP contribution in [0.15, 0.2) is 83.8 Å². The molecule has 0 saturated heterocycles. The van der Waals surface area contributed by atoms with Crippen molar-refractivity contribution in [1.29, 1.82) is 0 Å². The summed E-state index contributed by atoms with van der Waals surface area (Å²) in [6.45, 7) is 3.92. The molecule has 0 heterocycles. The fourth-order valence-corrected chi connectivity index (χ4v) is 4.38. The fourth-order valence-electron chi connectivity index (χ4n) is 2.96. The Kier molecular flexibility index (Phi) is 6.34. The number of aryl methyl sites for hydroxylation is 2.